The third-order valence-electron chi connectivity index (χ3n) is 7.36. The monoisotopic (exact) mass is 188 g/mol. The number of hydrogen-bond donors (Lipinski definition) is 0. The van der Waals surface area contributed by atoms with E-state index in [0.717, 1.165) is 10.8 Å². The maximum atomic E-state index is 1.65. The minimum absolute atomic E-state index is 0.958. The Balaban J connectivity index is 1.77. The van der Waals surface area contributed by atoms with Crippen LogP contribution in [0.15, 0.2) is 0 Å². The van der Waals surface area contributed by atoms with Crippen LogP contribution in [0.25, 0.3) is 0 Å². The standard InChI is InChI=1S/C14H20/c1-3-10-5-7-13-8-6-11-4-2-9(1)12(13)14(10,11)13/h9-12H,1-8H2/t9?,10-,11+,12?,13?,14?. The van der Waals surface area contributed by atoms with E-state index in [1.807, 2.05) is 0 Å². The van der Waals surface area contributed by atoms with Crippen LogP contribution in [-0.4, -0.2) is 0 Å². The van der Waals surface area contributed by atoms with E-state index < -0.39 is 0 Å². The number of rotatable bonds is 0. The summed E-state index contributed by atoms with van der Waals surface area (Å²) in [6, 6.07) is 0. The molecule has 0 radical (unpaired) electrons. The first-order valence-corrected chi connectivity index (χ1v) is 6.89. The Labute approximate surface area is 86.5 Å². The summed E-state index contributed by atoms with van der Waals surface area (Å²) in [5, 5.41) is 0. The third-order valence-corrected chi connectivity index (χ3v) is 7.36. The van der Waals surface area contributed by atoms with Gasteiger partial charge in [-0.1, -0.05) is 0 Å². The van der Waals surface area contributed by atoms with Crippen molar-refractivity contribution in [2.24, 2.45) is 34.5 Å². The van der Waals surface area contributed by atoms with Crippen molar-refractivity contribution in [2.45, 2.75) is 51.4 Å². The first-order valence-electron chi connectivity index (χ1n) is 6.89. The molecule has 0 aromatic carbocycles. The Morgan fingerprint density at radius 1 is 0.714 bits per heavy atom. The summed E-state index contributed by atoms with van der Waals surface area (Å²) in [7, 11) is 0. The molecule has 0 N–H and O–H groups in total. The van der Waals surface area contributed by atoms with E-state index in [1.165, 1.54) is 23.7 Å². The second-order valence-corrected chi connectivity index (χ2v) is 6.95. The minimum Gasteiger partial charge on any atom is -0.0499 e. The zero-order chi connectivity index (χ0) is 8.97. The lowest BCUT2D eigenvalue weighted by atomic mass is 9.61. The highest BCUT2D eigenvalue weighted by Gasteiger charge is 2.87. The van der Waals surface area contributed by atoms with Crippen molar-refractivity contribution in [3.8, 4) is 0 Å². The minimum atomic E-state index is 0.958. The summed E-state index contributed by atoms with van der Waals surface area (Å²) in [6.07, 6.45) is 13.0. The molecule has 5 aliphatic carbocycles. The number of hydrogen-bond acceptors (Lipinski definition) is 0. The van der Waals surface area contributed by atoms with Crippen molar-refractivity contribution in [3.63, 3.8) is 0 Å². The molecule has 0 amide bonds. The molecule has 2 bridgehead atoms. The van der Waals surface area contributed by atoms with Crippen molar-refractivity contribution in [2.75, 3.05) is 0 Å². The van der Waals surface area contributed by atoms with Crippen molar-refractivity contribution >= 4 is 0 Å². The molecule has 14 heavy (non-hydrogen) atoms. The van der Waals surface area contributed by atoms with Gasteiger partial charge in [0.05, 0.1) is 0 Å². The smallest absolute Gasteiger partial charge is 0.0145 e. The van der Waals surface area contributed by atoms with E-state index in [9.17, 15) is 0 Å². The third kappa shape index (κ3) is 0.447. The molecule has 0 aliphatic heterocycles. The molecule has 5 rings (SSSR count). The van der Waals surface area contributed by atoms with Gasteiger partial charge in [0.1, 0.15) is 0 Å². The Kier molecular flexibility index (Phi) is 0.954. The Hall–Kier alpha value is 0. The fraction of sp³-hybridized carbons (Fsp3) is 1.00. The summed E-state index contributed by atoms with van der Waals surface area (Å²) in [4.78, 5) is 0. The molecule has 5 aliphatic rings. The molecule has 5 saturated carbocycles. The molecule has 0 saturated heterocycles. The maximum absolute atomic E-state index is 1.65. The van der Waals surface area contributed by atoms with Crippen LogP contribution in [0.1, 0.15) is 51.4 Å². The van der Waals surface area contributed by atoms with Gasteiger partial charge < -0.3 is 0 Å². The predicted octanol–water partition coefficient (Wildman–Crippen LogP) is 3.61. The molecule has 6 atom stereocenters. The summed E-state index contributed by atoms with van der Waals surface area (Å²) in [5.41, 5.74) is 1.94. The molecule has 4 unspecified atom stereocenters. The molecule has 5 fully saturated rings. The lowest BCUT2D eigenvalue weighted by molar-refractivity contribution is 0.0517. The SMILES string of the molecule is C1C[C@@H]2CCC34CC[C@@H]5CCC1C3C254. The van der Waals surface area contributed by atoms with E-state index >= 15 is 0 Å². The Morgan fingerprint density at radius 3 is 1.93 bits per heavy atom. The summed E-state index contributed by atoms with van der Waals surface area (Å²) >= 11 is 0. The van der Waals surface area contributed by atoms with Gasteiger partial charge in [0.25, 0.3) is 0 Å². The zero-order valence-electron chi connectivity index (χ0n) is 8.97. The average Bonchev–Trinajstić information content (AvgIpc) is 2.47. The van der Waals surface area contributed by atoms with Gasteiger partial charge in [-0.3, -0.25) is 0 Å². The van der Waals surface area contributed by atoms with Crippen molar-refractivity contribution in [1.82, 2.24) is 0 Å². The highest BCUT2D eigenvalue weighted by Crippen LogP contribution is 2.94. The average molecular weight is 188 g/mol. The maximum Gasteiger partial charge on any atom is -0.0145 e. The predicted molar refractivity (Wildman–Crippen MR) is 55.8 cm³/mol. The van der Waals surface area contributed by atoms with Gasteiger partial charge in [0.2, 0.25) is 0 Å². The van der Waals surface area contributed by atoms with Crippen LogP contribution >= 0.6 is 0 Å². The molecule has 76 valence electrons. The van der Waals surface area contributed by atoms with Crippen LogP contribution in [0, 0.1) is 34.5 Å². The molecule has 0 nitrogen and oxygen atoms in total. The topological polar surface area (TPSA) is 0 Å². The van der Waals surface area contributed by atoms with Crippen LogP contribution in [0.3, 0.4) is 0 Å². The fourth-order valence-corrected chi connectivity index (χ4v) is 7.46. The van der Waals surface area contributed by atoms with Crippen molar-refractivity contribution in [3.05, 3.63) is 0 Å². The second kappa shape index (κ2) is 1.83. The van der Waals surface area contributed by atoms with Gasteiger partial charge in [-0.25, -0.2) is 0 Å². The second-order valence-electron chi connectivity index (χ2n) is 6.95. The van der Waals surface area contributed by atoms with E-state index in [0.29, 0.717) is 0 Å². The fourth-order valence-electron chi connectivity index (χ4n) is 7.46. The van der Waals surface area contributed by atoms with Gasteiger partial charge >= 0.3 is 0 Å². The van der Waals surface area contributed by atoms with Gasteiger partial charge in [-0.05, 0) is 85.9 Å². The largest absolute Gasteiger partial charge is 0.0499 e. The van der Waals surface area contributed by atoms with Crippen LogP contribution in [-0.2, 0) is 0 Å². The lowest BCUT2D eigenvalue weighted by Gasteiger charge is -2.44. The summed E-state index contributed by atoms with van der Waals surface area (Å²) < 4.78 is 0. The van der Waals surface area contributed by atoms with Crippen molar-refractivity contribution in [1.29, 1.82) is 0 Å². The van der Waals surface area contributed by atoms with Crippen LogP contribution in [0.2, 0.25) is 0 Å². The van der Waals surface area contributed by atoms with Gasteiger partial charge in [0, 0.05) is 0 Å². The molecule has 0 heterocycles. The van der Waals surface area contributed by atoms with Crippen LogP contribution in [0.5, 0.6) is 0 Å². The van der Waals surface area contributed by atoms with Gasteiger partial charge in [-0.15, -0.1) is 0 Å². The Bertz CT molecular complexity index is 296. The van der Waals surface area contributed by atoms with E-state index in [4.69, 9.17) is 0 Å². The molecule has 0 aromatic heterocycles. The van der Waals surface area contributed by atoms with Gasteiger partial charge in [0.15, 0.2) is 0 Å². The van der Waals surface area contributed by atoms with Crippen molar-refractivity contribution < 1.29 is 0 Å². The first kappa shape index (κ1) is 7.30. The van der Waals surface area contributed by atoms with Gasteiger partial charge in [-0.2, -0.15) is 0 Å². The quantitative estimate of drug-likeness (QED) is 0.544. The molecule has 0 heteroatoms. The molecular weight excluding hydrogens is 168 g/mol. The van der Waals surface area contributed by atoms with E-state index in [-0.39, 0.29) is 0 Å². The van der Waals surface area contributed by atoms with Crippen LogP contribution in [0.4, 0.5) is 0 Å². The molecule has 1 spiro atoms. The first-order chi connectivity index (χ1) is 6.89. The molecular formula is C14H20. The lowest BCUT2D eigenvalue weighted by Crippen LogP contribution is -2.36. The van der Waals surface area contributed by atoms with E-state index in [2.05, 4.69) is 0 Å². The summed E-state index contributed by atoms with van der Waals surface area (Å²) in [5.74, 6) is 4.87. The summed E-state index contributed by atoms with van der Waals surface area (Å²) in [6.45, 7) is 0. The Morgan fingerprint density at radius 2 is 1.36 bits per heavy atom. The zero-order valence-corrected chi connectivity index (χ0v) is 8.97. The highest BCUT2D eigenvalue weighted by molar-refractivity contribution is 5.35. The normalized spacial score (nSPS) is 72.0. The molecule has 0 aromatic rings. The van der Waals surface area contributed by atoms with Crippen LogP contribution < -0.4 is 0 Å². The highest BCUT2D eigenvalue weighted by atomic mass is 14.9. The van der Waals surface area contributed by atoms with E-state index in [1.54, 1.807) is 51.4 Å².